The molecular formula is C13H16N4O4. The molecule has 0 saturated carbocycles. The molecule has 0 aliphatic heterocycles. The van der Waals surface area contributed by atoms with Crippen molar-refractivity contribution < 1.29 is 14.4 Å². The van der Waals surface area contributed by atoms with Gasteiger partial charge in [0.2, 0.25) is 5.89 Å². The molecule has 2 aromatic rings. The third-order valence-electron chi connectivity index (χ3n) is 3.32. The van der Waals surface area contributed by atoms with E-state index in [1.807, 2.05) is 0 Å². The van der Waals surface area contributed by atoms with Gasteiger partial charge in [-0.25, -0.2) is 4.79 Å². The average Bonchev–Trinajstić information content (AvgIpc) is 2.90. The Labute approximate surface area is 120 Å². The highest BCUT2D eigenvalue weighted by Crippen LogP contribution is 2.12. The molecular weight excluding hydrogens is 276 g/mol. The van der Waals surface area contributed by atoms with Crippen molar-refractivity contribution in [2.45, 2.75) is 39.7 Å². The number of aromatic nitrogens is 4. The topological polar surface area (TPSA) is 111 Å². The van der Waals surface area contributed by atoms with Crippen LogP contribution in [-0.4, -0.2) is 30.8 Å². The van der Waals surface area contributed by atoms with Crippen molar-refractivity contribution in [3.05, 3.63) is 39.7 Å². The molecule has 21 heavy (non-hydrogen) atoms. The second-order valence-electron chi connectivity index (χ2n) is 4.67. The van der Waals surface area contributed by atoms with Crippen LogP contribution in [0, 0.1) is 13.8 Å². The Morgan fingerprint density at radius 3 is 2.76 bits per heavy atom. The Kier molecular flexibility index (Phi) is 4.46. The lowest BCUT2D eigenvalue weighted by Crippen LogP contribution is -2.28. The van der Waals surface area contributed by atoms with E-state index in [1.54, 1.807) is 13.8 Å². The predicted molar refractivity (Wildman–Crippen MR) is 71.9 cm³/mol. The number of carbonyl (C=O) groups is 1. The zero-order valence-corrected chi connectivity index (χ0v) is 11.9. The molecule has 0 aliphatic rings. The van der Waals surface area contributed by atoms with Gasteiger partial charge in [0.05, 0.1) is 0 Å². The molecule has 1 N–H and O–H groups in total. The summed E-state index contributed by atoms with van der Waals surface area (Å²) in [7, 11) is 0. The third-order valence-corrected chi connectivity index (χ3v) is 3.32. The fourth-order valence-electron chi connectivity index (χ4n) is 2.21. The zero-order valence-electron chi connectivity index (χ0n) is 11.9. The second kappa shape index (κ2) is 6.29. The highest BCUT2D eigenvalue weighted by atomic mass is 16.5. The van der Waals surface area contributed by atoms with Crippen molar-refractivity contribution in [3.8, 4) is 0 Å². The number of carboxylic acid groups (broad SMARTS) is 1. The Balaban J connectivity index is 2.25. The number of hydrogen-bond acceptors (Lipinski definition) is 6. The van der Waals surface area contributed by atoms with Crippen LogP contribution in [0.2, 0.25) is 0 Å². The van der Waals surface area contributed by atoms with Gasteiger partial charge in [-0.05, 0) is 25.8 Å². The van der Waals surface area contributed by atoms with Crippen LogP contribution in [0.3, 0.4) is 0 Å². The first-order chi connectivity index (χ1) is 9.99. The van der Waals surface area contributed by atoms with Gasteiger partial charge in [-0.2, -0.15) is 9.97 Å². The van der Waals surface area contributed by atoms with E-state index in [-0.39, 0.29) is 12.1 Å². The van der Waals surface area contributed by atoms with E-state index in [4.69, 9.17) is 9.63 Å². The molecule has 0 bridgehead atoms. The minimum Gasteiger partial charge on any atom is -0.481 e. The fraction of sp³-hybridized carbons (Fsp3) is 0.462. The van der Waals surface area contributed by atoms with Crippen LogP contribution >= 0.6 is 0 Å². The first-order valence-electron chi connectivity index (χ1n) is 6.53. The lowest BCUT2D eigenvalue weighted by molar-refractivity contribution is -0.136. The molecule has 0 amide bonds. The number of aliphatic carboxylic acids is 1. The number of aryl methyl sites for hydroxylation is 2. The number of hydrogen-bond donors (Lipinski definition) is 1. The van der Waals surface area contributed by atoms with Gasteiger partial charge in [0, 0.05) is 30.8 Å². The van der Waals surface area contributed by atoms with Crippen LogP contribution < -0.4 is 5.69 Å². The van der Waals surface area contributed by atoms with Crippen LogP contribution in [0.5, 0.6) is 0 Å². The van der Waals surface area contributed by atoms with E-state index in [9.17, 15) is 9.59 Å². The predicted octanol–water partition coefficient (Wildman–Crippen LogP) is 0.503. The van der Waals surface area contributed by atoms with Gasteiger partial charge >= 0.3 is 11.7 Å². The maximum absolute atomic E-state index is 12.0. The van der Waals surface area contributed by atoms with Gasteiger partial charge in [0.15, 0.2) is 6.33 Å². The van der Waals surface area contributed by atoms with Crippen molar-refractivity contribution in [2.75, 3.05) is 0 Å². The van der Waals surface area contributed by atoms with E-state index in [0.717, 1.165) is 11.3 Å². The van der Waals surface area contributed by atoms with E-state index < -0.39 is 5.97 Å². The summed E-state index contributed by atoms with van der Waals surface area (Å²) in [6.07, 6.45) is 2.08. The number of rotatable bonds is 6. The summed E-state index contributed by atoms with van der Waals surface area (Å²) in [5.74, 6) is -0.439. The molecule has 0 aliphatic carbocycles. The van der Waals surface area contributed by atoms with E-state index in [2.05, 4.69) is 15.1 Å². The van der Waals surface area contributed by atoms with Crippen molar-refractivity contribution in [2.24, 2.45) is 0 Å². The highest BCUT2D eigenvalue weighted by Gasteiger charge is 2.13. The van der Waals surface area contributed by atoms with Gasteiger partial charge in [0.25, 0.3) is 0 Å². The zero-order chi connectivity index (χ0) is 15.4. The Morgan fingerprint density at radius 2 is 2.14 bits per heavy atom. The summed E-state index contributed by atoms with van der Waals surface area (Å²) < 4.78 is 6.40. The maximum atomic E-state index is 12.0. The first-order valence-corrected chi connectivity index (χ1v) is 6.53. The molecule has 0 atom stereocenters. The molecule has 0 radical (unpaired) electrons. The van der Waals surface area contributed by atoms with Crippen LogP contribution in [0.25, 0.3) is 0 Å². The van der Waals surface area contributed by atoms with E-state index in [0.29, 0.717) is 31.0 Å². The molecule has 0 spiro atoms. The van der Waals surface area contributed by atoms with Gasteiger partial charge in [-0.1, -0.05) is 5.16 Å². The van der Waals surface area contributed by atoms with Gasteiger partial charge < -0.3 is 9.63 Å². The smallest absolute Gasteiger partial charge is 0.347 e. The second-order valence-corrected chi connectivity index (χ2v) is 4.67. The fourth-order valence-corrected chi connectivity index (χ4v) is 2.21. The number of nitrogens with zero attached hydrogens (tertiary/aromatic N) is 4. The quantitative estimate of drug-likeness (QED) is 0.825. The Hall–Kier alpha value is -2.51. The molecule has 112 valence electrons. The van der Waals surface area contributed by atoms with Crippen molar-refractivity contribution in [3.63, 3.8) is 0 Å². The van der Waals surface area contributed by atoms with Crippen LogP contribution in [0.15, 0.2) is 15.6 Å². The summed E-state index contributed by atoms with van der Waals surface area (Å²) in [5.41, 5.74) is 1.74. The van der Waals surface area contributed by atoms with Gasteiger partial charge in [-0.3, -0.25) is 9.36 Å². The molecule has 2 aromatic heterocycles. The Morgan fingerprint density at radius 1 is 1.38 bits per heavy atom. The molecule has 2 heterocycles. The molecule has 8 heteroatoms. The minimum atomic E-state index is -0.877. The third kappa shape index (κ3) is 3.53. The highest BCUT2D eigenvalue weighted by molar-refractivity contribution is 5.67. The monoisotopic (exact) mass is 292 g/mol. The largest absolute Gasteiger partial charge is 0.481 e. The molecule has 0 unspecified atom stereocenters. The van der Waals surface area contributed by atoms with Crippen LogP contribution in [-0.2, 0) is 24.2 Å². The van der Waals surface area contributed by atoms with Crippen LogP contribution in [0.1, 0.15) is 29.3 Å². The molecule has 0 fully saturated rings. The van der Waals surface area contributed by atoms with Crippen molar-refractivity contribution in [1.29, 1.82) is 0 Å². The SMILES string of the molecule is Cc1nc(=O)n(CCc2ncno2)c(C)c1CCC(=O)O. The summed E-state index contributed by atoms with van der Waals surface area (Å²) >= 11 is 0. The Bertz CT molecular complexity index is 691. The molecule has 8 nitrogen and oxygen atoms in total. The minimum absolute atomic E-state index is 0.00518. The first kappa shape index (κ1) is 14.9. The van der Waals surface area contributed by atoms with Crippen molar-refractivity contribution >= 4 is 5.97 Å². The molecule has 0 saturated heterocycles. The summed E-state index contributed by atoms with van der Waals surface area (Å²) in [5, 5.41) is 12.3. The van der Waals surface area contributed by atoms with Crippen LogP contribution in [0.4, 0.5) is 0 Å². The normalized spacial score (nSPS) is 10.8. The lowest BCUT2D eigenvalue weighted by Gasteiger charge is -2.14. The van der Waals surface area contributed by atoms with E-state index >= 15 is 0 Å². The number of carboxylic acids is 1. The molecule has 2 rings (SSSR count). The molecule has 0 aromatic carbocycles. The average molecular weight is 292 g/mol. The lowest BCUT2D eigenvalue weighted by atomic mass is 10.1. The maximum Gasteiger partial charge on any atom is 0.347 e. The summed E-state index contributed by atoms with van der Waals surface area (Å²) in [6.45, 7) is 3.87. The van der Waals surface area contributed by atoms with Crippen molar-refractivity contribution in [1.82, 2.24) is 19.7 Å². The van der Waals surface area contributed by atoms with Gasteiger partial charge in [-0.15, -0.1) is 0 Å². The van der Waals surface area contributed by atoms with Gasteiger partial charge in [0.1, 0.15) is 0 Å². The standard InChI is InChI=1S/C13H16N4O4/c1-8-10(3-4-12(18)19)9(2)17(13(20)16-8)6-5-11-14-7-15-21-11/h7H,3-6H2,1-2H3,(H,18,19). The van der Waals surface area contributed by atoms with E-state index in [1.165, 1.54) is 10.9 Å². The summed E-state index contributed by atoms with van der Waals surface area (Å²) in [6, 6.07) is 0. The summed E-state index contributed by atoms with van der Waals surface area (Å²) in [4.78, 5) is 30.6.